The third kappa shape index (κ3) is 2.30. The third-order valence-corrected chi connectivity index (χ3v) is 2.60. The highest BCUT2D eigenvalue weighted by Crippen LogP contribution is 2.23. The van der Waals surface area contributed by atoms with Gasteiger partial charge in [-0.1, -0.05) is 42.5 Å². The zero-order valence-electron chi connectivity index (χ0n) is 9.38. The number of halogens is 1. The highest BCUT2D eigenvalue weighted by molar-refractivity contribution is 6.01. The fourth-order valence-electron chi connectivity index (χ4n) is 1.60. The average molecular weight is 246 g/mol. The fourth-order valence-corrected chi connectivity index (χ4v) is 1.60. The van der Waals surface area contributed by atoms with Gasteiger partial charge in [-0.3, -0.25) is 4.79 Å². The monoisotopic (exact) mass is 246 g/mol. The van der Waals surface area contributed by atoms with Crippen LogP contribution in [0, 0.1) is 5.82 Å². The summed E-state index contributed by atoms with van der Waals surface area (Å²) in [6.07, 6.45) is 0. The molecule has 0 aromatic heterocycles. The standard InChI is InChI=1S/C14H11FO3/c15-12-8-6-11(7-9-12)14(17,18)13(16)10-4-2-1-3-5-10/h1-9,17-18H. The SMILES string of the molecule is O=C(c1ccccc1)C(O)(O)c1ccc(F)cc1. The van der Waals surface area contributed by atoms with Crippen molar-refractivity contribution in [3.8, 4) is 0 Å². The van der Waals surface area contributed by atoms with Gasteiger partial charge in [-0.15, -0.1) is 0 Å². The number of aliphatic hydroxyl groups is 2. The second-order valence-electron chi connectivity index (χ2n) is 3.87. The lowest BCUT2D eigenvalue weighted by Crippen LogP contribution is -2.35. The topological polar surface area (TPSA) is 57.5 Å². The Labute approximate surface area is 103 Å². The van der Waals surface area contributed by atoms with Crippen molar-refractivity contribution in [2.45, 2.75) is 5.79 Å². The smallest absolute Gasteiger partial charge is 0.256 e. The summed E-state index contributed by atoms with van der Waals surface area (Å²) in [5.74, 6) is -4.02. The molecule has 0 aliphatic heterocycles. The van der Waals surface area contributed by atoms with Crippen molar-refractivity contribution in [2.75, 3.05) is 0 Å². The minimum Gasteiger partial charge on any atom is -0.356 e. The molecule has 2 rings (SSSR count). The van der Waals surface area contributed by atoms with Crippen LogP contribution in [0.3, 0.4) is 0 Å². The molecule has 92 valence electrons. The van der Waals surface area contributed by atoms with Crippen LogP contribution in [0.4, 0.5) is 4.39 Å². The highest BCUT2D eigenvalue weighted by atomic mass is 19.1. The molecule has 4 heteroatoms. The van der Waals surface area contributed by atoms with Gasteiger partial charge in [0.15, 0.2) is 0 Å². The summed E-state index contributed by atoms with van der Waals surface area (Å²) < 4.78 is 12.8. The van der Waals surface area contributed by atoms with Crippen molar-refractivity contribution < 1.29 is 19.4 Å². The molecule has 0 radical (unpaired) electrons. The Kier molecular flexibility index (Phi) is 3.23. The first-order chi connectivity index (χ1) is 8.51. The van der Waals surface area contributed by atoms with Gasteiger partial charge in [0.2, 0.25) is 5.78 Å². The van der Waals surface area contributed by atoms with Crippen molar-refractivity contribution in [1.29, 1.82) is 0 Å². The zero-order chi connectivity index (χ0) is 13.2. The van der Waals surface area contributed by atoms with E-state index < -0.39 is 17.4 Å². The van der Waals surface area contributed by atoms with Crippen molar-refractivity contribution in [1.82, 2.24) is 0 Å². The third-order valence-electron chi connectivity index (χ3n) is 2.60. The van der Waals surface area contributed by atoms with Crippen LogP contribution in [-0.2, 0) is 5.79 Å². The summed E-state index contributed by atoms with van der Waals surface area (Å²) >= 11 is 0. The summed E-state index contributed by atoms with van der Waals surface area (Å²) in [7, 11) is 0. The average Bonchev–Trinajstić information content (AvgIpc) is 2.39. The Hall–Kier alpha value is -2.04. The van der Waals surface area contributed by atoms with Gasteiger partial charge in [0.05, 0.1) is 0 Å². The maximum atomic E-state index is 12.8. The molecule has 2 aromatic rings. The van der Waals surface area contributed by atoms with Crippen LogP contribution in [0.15, 0.2) is 54.6 Å². The van der Waals surface area contributed by atoms with E-state index in [0.29, 0.717) is 0 Å². The van der Waals surface area contributed by atoms with E-state index in [2.05, 4.69) is 0 Å². The van der Waals surface area contributed by atoms with Gasteiger partial charge in [-0.05, 0) is 12.1 Å². The largest absolute Gasteiger partial charge is 0.356 e. The Bertz CT molecular complexity index is 547. The molecular formula is C14H11FO3. The molecule has 0 atom stereocenters. The fraction of sp³-hybridized carbons (Fsp3) is 0.0714. The maximum Gasteiger partial charge on any atom is 0.256 e. The summed E-state index contributed by atoms with van der Waals surface area (Å²) in [4.78, 5) is 12.0. The van der Waals surface area contributed by atoms with Crippen LogP contribution in [0.1, 0.15) is 15.9 Å². The van der Waals surface area contributed by atoms with Gasteiger partial charge in [-0.2, -0.15) is 0 Å². The number of carbonyl (C=O) groups is 1. The number of hydrogen-bond acceptors (Lipinski definition) is 3. The molecule has 0 heterocycles. The molecule has 0 fully saturated rings. The number of Topliss-reactive ketones (excluding diaryl/α,β-unsaturated/α-hetero) is 1. The minimum atomic E-state index is -2.66. The van der Waals surface area contributed by atoms with E-state index in [4.69, 9.17) is 0 Å². The van der Waals surface area contributed by atoms with Crippen LogP contribution >= 0.6 is 0 Å². The molecule has 0 saturated heterocycles. The van der Waals surface area contributed by atoms with E-state index in [1.54, 1.807) is 18.2 Å². The van der Waals surface area contributed by atoms with Crippen molar-refractivity contribution in [3.63, 3.8) is 0 Å². The Morgan fingerprint density at radius 2 is 1.50 bits per heavy atom. The molecule has 2 N–H and O–H groups in total. The predicted octanol–water partition coefficient (Wildman–Crippen LogP) is 1.85. The highest BCUT2D eigenvalue weighted by Gasteiger charge is 2.35. The van der Waals surface area contributed by atoms with E-state index in [-0.39, 0.29) is 11.1 Å². The lowest BCUT2D eigenvalue weighted by atomic mass is 9.96. The number of rotatable bonds is 3. The quantitative estimate of drug-likeness (QED) is 0.642. The van der Waals surface area contributed by atoms with Crippen molar-refractivity contribution >= 4 is 5.78 Å². The Balaban J connectivity index is 2.37. The molecule has 18 heavy (non-hydrogen) atoms. The first-order valence-corrected chi connectivity index (χ1v) is 5.32. The maximum absolute atomic E-state index is 12.8. The first kappa shape index (κ1) is 12.4. The molecular weight excluding hydrogens is 235 g/mol. The lowest BCUT2D eigenvalue weighted by Gasteiger charge is -2.20. The number of carbonyl (C=O) groups excluding carboxylic acids is 1. The van der Waals surface area contributed by atoms with E-state index in [0.717, 1.165) is 24.3 Å². The van der Waals surface area contributed by atoms with Gasteiger partial charge in [0.25, 0.3) is 5.79 Å². The molecule has 0 amide bonds. The van der Waals surface area contributed by atoms with Crippen molar-refractivity contribution in [3.05, 3.63) is 71.5 Å². The molecule has 0 saturated carbocycles. The summed E-state index contributed by atoms with van der Waals surface area (Å²) in [5.41, 5.74) is 0.101. The molecule has 0 bridgehead atoms. The van der Waals surface area contributed by atoms with Gasteiger partial charge < -0.3 is 10.2 Å². The van der Waals surface area contributed by atoms with Crippen LogP contribution < -0.4 is 0 Å². The zero-order valence-corrected chi connectivity index (χ0v) is 9.38. The van der Waals surface area contributed by atoms with Gasteiger partial charge in [0.1, 0.15) is 5.82 Å². The van der Waals surface area contributed by atoms with Crippen LogP contribution in [0.25, 0.3) is 0 Å². The van der Waals surface area contributed by atoms with E-state index >= 15 is 0 Å². The second-order valence-corrected chi connectivity index (χ2v) is 3.87. The van der Waals surface area contributed by atoms with E-state index in [9.17, 15) is 19.4 Å². The number of hydrogen-bond donors (Lipinski definition) is 2. The second kappa shape index (κ2) is 4.68. The first-order valence-electron chi connectivity index (χ1n) is 5.32. The van der Waals surface area contributed by atoms with Crippen LogP contribution in [0.2, 0.25) is 0 Å². The molecule has 2 aromatic carbocycles. The predicted molar refractivity (Wildman–Crippen MR) is 63.3 cm³/mol. The molecule has 0 unspecified atom stereocenters. The Morgan fingerprint density at radius 3 is 2.06 bits per heavy atom. The normalized spacial score (nSPS) is 11.3. The van der Waals surface area contributed by atoms with Gasteiger partial charge in [-0.25, -0.2) is 4.39 Å². The molecule has 0 spiro atoms. The van der Waals surface area contributed by atoms with Crippen LogP contribution in [0.5, 0.6) is 0 Å². The number of ketones is 1. The summed E-state index contributed by atoms with van der Waals surface area (Å²) in [5, 5.41) is 19.8. The Morgan fingerprint density at radius 1 is 0.944 bits per heavy atom. The van der Waals surface area contributed by atoms with Crippen LogP contribution in [-0.4, -0.2) is 16.0 Å². The summed E-state index contributed by atoms with van der Waals surface area (Å²) in [6, 6.07) is 12.4. The lowest BCUT2D eigenvalue weighted by molar-refractivity contribution is -0.128. The minimum absolute atomic E-state index is 0.0715. The van der Waals surface area contributed by atoms with E-state index in [1.807, 2.05) is 0 Å². The van der Waals surface area contributed by atoms with Gasteiger partial charge in [0, 0.05) is 11.1 Å². The molecule has 3 nitrogen and oxygen atoms in total. The van der Waals surface area contributed by atoms with Gasteiger partial charge >= 0.3 is 0 Å². The summed E-state index contributed by atoms with van der Waals surface area (Å²) in [6.45, 7) is 0. The molecule has 0 aliphatic carbocycles. The molecule has 0 aliphatic rings. The van der Waals surface area contributed by atoms with Crippen molar-refractivity contribution in [2.24, 2.45) is 0 Å². The van der Waals surface area contributed by atoms with E-state index in [1.165, 1.54) is 12.1 Å². The number of benzene rings is 2.